The highest BCUT2D eigenvalue weighted by Crippen LogP contribution is 2.17. The van der Waals surface area contributed by atoms with E-state index in [2.05, 4.69) is 10.6 Å². The number of amides is 2. The molecule has 0 radical (unpaired) electrons. The Morgan fingerprint density at radius 3 is 2.80 bits per heavy atom. The molecule has 0 aromatic heterocycles. The van der Waals surface area contributed by atoms with Crippen LogP contribution in [0.4, 0.5) is 4.79 Å². The van der Waals surface area contributed by atoms with E-state index in [1.807, 2.05) is 43.0 Å². The van der Waals surface area contributed by atoms with Gasteiger partial charge < -0.3 is 15.7 Å². The van der Waals surface area contributed by atoms with Crippen LogP contribution >= 0.6 is 11.8 Å². The third-order valence-corrected chi connectivity index (χ3v) is 4.61. The predicted octanol–water partition coefficient (Wildman–Crippen LogP) is 2.22. The third kappa shape index (κ3) is 4.42. The number of carbonyl (C=O) groups is 1. The Bertz CT molecular complexity index is 447. The lowest BCUT2D eigenvalue weighted by Crippen LogP contribution is -2.44. The van der Waals surface area contributed by atoms with Crippen LogP contribution in [0.5, 0.6) is 0 Å². The highest BCUT2D eigenvalue weighted by Gasteiger charge is 2.17. The summed E-state index contributed by atoms with van der Waals surface area (Å²) in [6.07, 6.45) is 1.39. The molecule has 0 unspecified atom stereocenters. The first-order chi connectivity index (χ1) is 9.66. The summed E-state index contributed by atoms with van der Waals surface area (Å²) in [6, 6.07) is 7.76. The Labute approximate surface area is 124 Å². The van der Waals surface area contributed by atoms with Crippen LogP contribution in [0.3, 0.4) is 0 Å². The number of thioether (sulfide) groups is 1. The maximum absolute atomic E-state index is 11.8. The molecule has 1 saturated heterocycles. The molecule has 0 bridgehead atoms. The number of hydrogen-bond donors (Lipinski definition) is 3. The first-order valence-electron chi connectivity index (χ1n) is 7.02. The fraction of sp³-hybridized carbons (Fsp3) is 0.533. The lowest BCUT2D eigenvalue weighted by atomic mass is 10.0. The second kappa shape index (κ2) is 7.55. The van der Waals surface area contributed by atoms with Gasteiger partial charge in [0.25, 0.3) is 0 Å². The van der Waals surface area contributed by atoms with Crippen molar-refractivity contribution >= 4 is 17.8 Å². The number of carbonyl (C=O) groups excluding carboxylic acids is 1. The van der Waals surface area contributed by atoms with Crippen LogP contribution in [0.1, 0.15) is 30.1 Å². The zero-order valence-electron chi connectivity index (χ0n) is 11.8. The number of urea groups is 1. The van der Waals surface area contributed by atoms with E-state index in [0.29, 0.717) is 0 Å². The minimum atomic E-state index is -0.663. The van der Waals surface area contributed by atoms with Crippen LogP contribution in [0.25, 0.3) is 0 Å². The van der Waals surface area contributed by atoms with E-state index in [1.54, 1.807) is 0 Å². The summed E-state index contributed by atoms with van der Waals surface area (Å²) in [7, 11) is 0. The quantitative estimate of drug-likeness (QED) is 0.798. The van der Waals surface area contributed by atoms with Gasteiger partial charge in [-0.1, -0.05) is 24.3 Å². The van der Waals surface area contributed by atoms with E-state index in [0.717, 1.165) is 35.5 Å². The molecule has 1 aliphatic rings. The molecule has 0 aliphatic carbocycles. The monoisotopic (exact) mass is 294 g/mol. The fourth-order valence-corrected chi connectivity index (χ4v) is 3.44. The molecule has 0 saturated carbocycles. The van der Waals surface area contributed by atoms with E-state index in [-0.39, 0.29) is 18.6 Å². The summed E-state index contributed by atoms with van der Waals surface area (Å²) in [4.78, 5) is 11.8. The second-order valence-corrected chi connectivity index (χ2v) is 6.34. The first-order valence-corrected chi connectivity index (χ1v) is 8.18. The van der Waals surface area contributed by atoms with Crippen molar-refractivity contribution in [1.82, 2.24) is 10.6 Å². The van der Waals surface area contributed by atoms with Gasteiger partial charge in [0.15, 0.2) is 0 Å². The highest BCUT2D eigenvalue weighted by atomic mass is 32.2. The molecule has 1 aliphatic heterocycles. The Morgan fingerprint density at radius 2 is 2.10 bits per heavy atom. The van der Waals surface area contributed by atoms with Gasteiger partial charge in [-0.25, -0.2) is 4.79 Å². The number of rotatable bonds is 4. The summed E-state index contributed by atoms with van der Waals surface area (Å²) in [5.41, 5.74) is 1.90. The van der Waals surface area contributed by atoms with Gasteiger partial charge >= 0.3 is 6.03 Å². The van der Waals surface area contributed by atoms with Crippen molar-refractivity contribution < 1.29 is 9.90 Å². The van der Waals surface area contributed by atoms with Gasteiger partial charge in [-0.05, 0) is 42.4 Å². The lowest BCUT2D eigenvalue weighted by Gasteiger charge is -2.23. The van der Waals surface area contributed by atoms with Crippen LogP contribution in [-0.4, -0.2) is 35.2 Å². The largest absolute Gasteiger partial charge is 0.387 e. The fourth-order valence-electron chi connectivity index (χ4n) is 2.34. The van der Waals surface area contributed by atoms with Gasteiger partial charge in [0, 0.05) is 12.6 Å². The molecule has 20 heavy (non-hydrogen) atoms. The summed E-state index contributed by atoms with van der Waals surface area (Å²) in [6.45, 7) is 2.19. The van der Waals surface area contributed by atoms with Crippen LogP contribution in [0.15, 0.2) is 24.3 Å². The van der Waals surface area contributed by atoms with E-state index in [9.17, 15) is 9.90 Å². The van der Waals surface area contributed by atoms with Crippen LogP contribution in [0.2, 0.25) is 0 Å². The minimum absolute atomic E-state index is 0.186. The normalized spacial score (nSPS) is 17.5. The van der Waals surface area contributed by atoms with Crippen molar-refractivity contribution in [3.8, 4) is 0 Å². The molecule has 5 heteroatoms. The average molecular weight is 294 g/mol. The van der Waals surface area contributed by atoms with Gasteiger partial charge in [0.2, 0.25) is 0 Å². The van der Waals surface area contributed by atoms with Crippen molar-refractivity contribution in [3.05, 3.63) is 35.4 Å². The Balaban J connectivity index is 1.76. The maximum atomic E-state index is 11.8. The molecule has 110 valence electrons. The molecule has 0 spiro atoms. The Hall–Kier alpha value is -1.20. The molecule has 1 atom stereocenters. The maximum Gasteiger partial charge on any atom is 0.315 e. The topological polar surface area (TPSA) is 61.4 Å². The summed E-state index contributed by atoms with van der Waals surface area (Å²) in [5, 5.41) is 15.8. The van der Waals surface area contributed by atoms with Crippen molar-refractivity contribution in [1.29, 1.82) is 0 Å². The van der Waals surface area contributed by atoms with E-state index >= 15 is 0 Å². The van der Waals surface area contributed by atoms with Crippen molar-refractivity contribution in [2.75, 3.05) is 18.1 Å². The predicted molar refractivity (Wildman–Crippen MR) is 83.0 cm³/mol. The van der Waals surface area contributed by atoms with Crippen LogP contribution in [0, 0.1) is 6.92 Å². The molecular formula is C15H22N2O2S. The zero-order valence-corrected chi connectivity index (χ0v) is 12.6. The smallest absolute Gasteiger partial charge is 0.315 e. The van der Waals surface area contributed by atoms with Gasteiger partial charge in [-0.3, -0.25) is 0 Å². The molecule has 1 aromatic rings. The van der Waals surface area contributed by atoms with Gasteiger partial charge in [-0.15, -0.1) is 0 Å². The summed E-state index contributed by atoms with van der Waals surface area (Å²) in [5.74, 6) is 2.22. The van der Waals surface area contributed by atoms with E-state index in [4.69, 9.17) is 0 Å². The van der Waals surface area contributed by atoms with E-state index in [1.165, 1.54) is 0 Å². The minimum Gasteiger partial charge on any atom is -0.387 e. The number of hydrogen-bond acceptors (Lipinski definition) is 3. The molecule has 4 nitrogen and oxygen atoms in total. The number of nitrogens with one attached hydrogen (secondary N) is 2. The van der Waals surface area contributed by atoms with Gasteiger partial charge in [0.05, 0.1) is 6.10 Å². The lowest BCUT2D eigenvalue weighted by molar-refractivity contribution is 0.171. The molecule has 3 N–H and O–H groups in total. The number of benzene rings is 1. The van der Waals surface area contributed by atoms with Gasteiger partial charge in [-0.2, -0.15) is 11.8 Å². The second-order valence-electron chi connectivity index (χ2n) is 5.11. The van der Waals surface area contributed by atoms with Gasteiger partial charge in [0.1, 0.15) is 0 Å². The van der Waals surface area contributed by atoms with Crippen LogP contribution in [-0.2, 0) is 0 Å². The third-order valence-electron chi connectivity index (χ3n) is 3.56. The molecule has 2 amide bonds. The number of aliphatic hydroxyl groups excluding tert-OH is 1. The molecule has 1 heterocycles. The SMILES string of the molecule is Cc1ccccc1[C@@H](O)CNC(=O)NC1CCSCC1. The van der Waals surface area contributed by atoms with Crippen molar-refractivity contribution in [2.24, 2.45) is 0 Å². The highest BCUT2D eigenvalue weighted by molar-refractivity contribution is 7.99. The first kappa shape index (κ1) is 15.2. The number of aryl methyl sites for hydroxylation is 1. The van der Waals surface area contributed by atoms with Crippen molar-refractivity contribution in [2.45, 2.75) is 31.9 Å². The standard InChI is InChI=1S/C15H22N2O2S/c1-11-4-2-3-5-13(11)14(18)10-16-15(19)17-12-6-8-20-9-7-12/h2-5,12,14,18H,6-10H2,1H3,(H2,16,17,19)/t14-/m0/s1. The Morgan fingerprint density at radius 1 is 1.40 bits per heavy atom. The molecule has 1 fully saturated rings. The zero-order chi connectivity index (χ0) is 14.4. The Kier molecular flexibility index (Phi) is 5.73. The van der Waals surface area contributed by atoms with E-state index < -0.39 is 6.10 Å². The number of aliphatic hydroxyl groups is 1. The van der Waals surface area contributed by atoms with Crippen molar-refractivity contribution in [3.63, 3.8) is 0 Å². The average Bonchev–Trinajstić information content (AvgIpc) is 2.46. The molecule has 1 aromatic carbocycles. The summed E-state index contributed by atoms with van der Waals surface area (Å²) >= 11 is 1.93. The molecular weight excluding hydrogens is 272 g/mol. The summed E-state index contributed by atoms with van der Waals surface area (Å²) < 4.78 is 0. The molecule has 2 rings (SSSR count). The van der Waals surface area contributed by atoms with Crippen LogP contribution < -0.4 is 10.6 Å².